The first kappa shape index (κ1) is 25.3. The van der Waals surface area contributed by atoms with Gasteiger partial charge in [-0.25, -0.2) is 0 Å². The molecule has 35 heavy (non-hydrogen) atoms. The number of hydrogen-bond acceptors (Lipinski definition) is 3. The van der Waals surface area contributed by atoms with Crippen LogP contribution in [-0.2, 0) is 9.59 Å². The highest BCUT2D eigenvalue weighted by Gasteiger charge is 2.73. The summed E-state index contributed by atoms with van der Waals surface area (Å²) in [5.41, 5.74) is -1.53. The zero-order chi connectivity index (χ0) is 25.8. The highest BCUT2D eigenvalue weighted by molar-refractivity contribution is 5.84. The van der Waals surface area contributed by atoms with Gasteiger partial charge in [-0.05, 0) is 104 Å². The van der Waals surface area contributed by atoms with Gasteiger partial charge in [-0.15, -0.1) is 0 Å². The number of hydrogen-bond donors (Lipinski definition) is 3. The Kier molecular flexibility index (Phi) is 5.48. The minimum absolute atomic E-state index is 0.0347. The third-order valence-electron chi connectivity index (χ3n) is 13.2. The second kappa shape index (κ2) is 7.58. The van der Waals surface area contributed by atoms with Crippen LogP contribution in [0.4, 0.5) is 0 Å². The molecule has 0 unspecified atom stereocenters. The largest absolute Gasteiger partial charge is 0.481 e. The summed E-state index contributed by atoms with van der Waals surface area (Å²) in [5.74, 6) is -0.563. The van der Waals surface area contributed by atoms with Crippen molar-refractivity contribution in [1.29, 1.82) is 0 Å². The number of aliphatic hydroxyl groups is 1. The third-order valence-corrected chi connectivity index (χ3v) is 13.2. The van der Waals surface area contributed by atoms with E-state index >= 15 is 0 Å². The van der Waals surface area contributed by atoms with Gasteiger partial charge >= 0.3 is 11.9 Å². The average Bonchev–Trinajstić information content (AvgIpc) is 2.78. The molecule has 0 aromatic carbocycles. The van der Waals surface area contributed by atoms with Crippen molar-refractivity contribution in [2.24, 2.45) is 56.7 Å². The maximum Gasteiger partial charge on any atom is 0.314 e. The van der Waals surface area contributed by atoms with E-state index in [0.717, 1.165) is 44.1 Å². The Morgan fingerprint density at radius 2 is 1.54 bits per heavy atom. The van der Waals surface area contributed by atoms with E-state index in [1.54, 1.807) is 0 Å². The molecule has 196 valence electrons. The zero-order valence-electron chi connectivity index (χ0n) is 22.6. The van der Waals surface area contributed by atoms with Crippen LogP contribution >= 0.6 is 0 Å². The summed E-state index contributed by atoms with van der Waals surface area (Å²) in [5, 5.41) is 32.5. The molecule has 4 saturated carbocycles. The van der Waals surface area contributed by atoms with Crippen molar-refractivity contribution in [3.05, 3.63) is 11.6 Å². The minimum Gasteiger partial charge on any atom is -0.481 e. The van der Waals surface area contributed by atoms with Crippen LogP contribution < -0.4 is 0 Å². The quantitative estimate of drug-likeness (QED) is 0.407. The maximum absolute atomic E-state index is 13.5. The molecule has 0 aliphatic heterocycles. The Labute approximate surface area is 210 Å². The number of carboxylic acids is 2. The molecule has 4 fully saturated rings. The van der Waals surface area contributed by atoms with Crippen molar-refractivity contribution in [1.82, 2.24) is 0 Å². The molecule has 10 atom stereocenters. The van der Waals surface area contributed by atoms with Crippen LogP contribution in [0, 0.1) is 56.7 Å². The maximum atomic E-state index is 13.5. The van der Waals surface area contributed by atoms with E-state index in [-0.39, 0.29) is 34.7 Å². The predicted molar refractivity (Wildman–Crippen MR) is 135 cm³/mol. The van der Waals surface area contributed by atoms with E-state index in [2.05, 4.69) is 47.6 Å². The van der Waals surface area contributed by atoms with E-state index in [1.807, 2.05) is 0 Å². The van der Waals surface area contributed by atoms with Crippen molar-refractivity contribution in [3.8, 4) is 0 Å². The minimum atomic E-state index is -1.00. The van der Waals surface area contributed by atoms with E-state index in [0.29, 0.717) is 31.1 Å². The van der Waals surface area contributed by atoms with E-state index in [9.17, 15) is 24.9 Å². The summed E-state index contributed by atoms with van der Waals surface area (Å²) in [6, 6.07) is 0. The van der Waals surface area contributed by atoms with Crippen LogP contribution in [0.5, 0.6) is 0 Å². The fraction of sp³-hybridized carbons (Fsp3) is 0.867. The third kappa shape index (κ3) is 2.85. The molecule has 5 aliphatic carbocycles. The van der Waals surface area contributed by atoms with Gasteiger partial charge in [0.15, 0.2) is 0 Å². The molecular formula is C30H46O5. The molecule has 0 bridgehead atoms. The van der Waals surface area contributed by atoms with Crippen molar-refractivity contribution in [2.45, 2.75) is 105 Å². The van der Waals surface area contributed by atoms with Gasteiger partial charge in [-0.2, -0.15) is 0 Å². The molecule has 0 spiro atoms. The number of aliphatic hydroxyl groups excluding tert-OH is 1. The molecule has 3 N–H and O–H groups in total. The summed E-state index contributed by atoms with van der Waals surface area (Å²) in [6.45, 7) is 13.4. The molecule has 0 aromatic heterocycles. The Balaban J connectivity index is 1.68. The van der Waals surface area contributed by atoms with Crippen LogP contribution in [0.1, 0.15) is 99.3 Å². The molecule has 0 saturated heterocycles. The van der Waals surface area contributed by atoms with Crippen LogP contribution in [0.3, 0.4) is 0 Å². The lowest BCUT2D eigenvalue weighted by Gasteiger charge is -2.70. The molecule has 0 amide bonds. The first-order valence-electron chi connectivity index (χ1n) is 14.1. The van der Waals surface area contributed by atoms with Crippen molar-refractivity contribution in [3.63, 3.8) is 0 Å². The van der Waals surface area contributed by atoms with Gasteiger partial charge in [0.05, 0.1) is 16.9 Å². The molecule has 5 rings (SSSR count). The lowest BCUT2D eigenvalue weighted by atomic mass is 9.33. The molecule has 5 nitrogen and oxygen atoms in total. The van der Waals surface area contributed by atoms with Gasteiger partial charge in [0.2, 0.25) is 0 Å². The number of rotatable bonds is 2. The van der Waals surface area contributed by atoms with Crippen LogP contribution in [0.25, 0.3) is 0 Å². The lowest BCUT2D eigenvalue weighted by molar-refractivity contribution is -0.216. The summed E-state index contributed by atoms with van der Waals surface area (Å²) in [7, 11) is 0. The number of aliphatic carboxylic acids is 2. The fourth-order valence-corrected chi connectivity index (χ4v) is 11.0. The Bertz CT molecular complexity index is 968. The first-order chi connectivity index (χ1) is 16.2. The Morgan fingerprint density at radius 1 is 0.857 bits per heavy atom. The fourth-order valence-electron chi connectivity index (χ4n) is 11.0. The molecule has 5 aliphatic rings. The molecule has 0 radical (unpaired) electrons. The molecule has 0 heterocycles. The van der Waals surface area contributed by atoms with E-state index in [1.165, 1.54) is 0 Å². The highest BCUT2D eigenvalue weighted by Crippen LogP contribution is 2.75. The van der Waals surface area contributed by atoms with Gasteiger partial charge in [0, 0.05) is 0 Å². The second-order valence-corrected chi connectivity index (χ2v) is 14.4. The monoisotopic (exact) mass is 486 g/mol. The van der Waals surface area contributed by atoms with Gasteiger partial charge in [0.25, 0.3) is 0 Å². The molecule has 5 heteroatoms. The van der Waals surface area contributed by atoms with Gasteiger partial charge < -0.3 is 15.3 Å². The van der Waals surface area contributed by atoms with Gasteiger partial charge in [-0.3, -0.25) is 9.59 Å². The van der Waals surface area contributed by atoms with Crippen LogP contribution in [0.15, 0.2) is 11.6 Å². The summed E-state index contributed by atoms with van der Waals surface area (Å²) < 4.78 is 0. The molecule has 0 aromatic rings. The highest BCUT2D eigenvalue weighted by atomic mass is 16.4. The summed E-state index contributed by atoms with van der Waals surface area (Å²) >= 11 is 0. The van der Waals surface area contributed by atoms with Gasteiger partial charge in [0.1, 0.15) is 0 Å². The van der Waals surface area contributed by atoms with Crippen molar-refractivity contribution >= 4 is 11.9 Å². The summed E-state index contributed by atoms with van der Waals surface area (Å²) in [4.78, 5) is 26.3. The zero-order valence-corrected chi connectivity index (χ0v) is 22.6. The Morgan fingerprint density at radius 3 is 2.17 bits per heavy atom. The number of carbonyl (C=O) groups is 2. The van der Waals surface area contributed by atoms with E-state index in [4.69, 9.17) is 0 Å². The first-order valence-corrected chi connectivity index (χ1v) is 14.1. The number of fused-ring (bicyclic) bond motifs is 7. The predicted octanol–water partition coefficient (Wildman–Crippen LogP) is 6.15. The van der Waals surface area contributed by atoms with Crippen LogP contribution in [-0.4, -0.2) is 33.4 Å². The standard InChI is InChI=1S/C30H46O5/c1-17-9-14-29(24(32)33)15-16-30(25(34)35)19(23(29)18(17)2)7-8-21-27(5)12-11-22(31)26(3,4)20(27)10-13-28(21,30)6/h7,17-18,20-23,31H,8-16H2,1-6H3,(H,32,33)(H,34,35)/t17-,18+,20-,21+,22-,23+,27-,28+,29-,30+/m0/s1. The second-order valence-electron chi connectivity index (χ2n) is 14.4. The van der Waals surface area contributed by atoms with E-state index < -0.39 is 28.2 Å². The number of carboxylic acid groups (broad SMARTS) is 2. The van der Waals surface area contributed by atoms with Crippen molar-refractivity contribution < 1.29 is 24.9 Å². The Hall–Kier alpha value is -1.36. The number of allylic oxidation sites excluding steroid dienone is 1. The summed E-state index contributed by atoms with van der Waals surface area (Å²) in [6.07, 6.45) is 8.62. The average molecular weight is 487 g/mol. The topological polar surface area (TPSA) is 94.8 Å². The smallest absolute Gasteiger partial charge is 0.314 e. The van der Waals surface area contributed by atoms with Crippen LogP contribution in [0.2, 0.25) is 0 Å². The van der Waals surface area contributed by atoms with Crippen molar-refractivity contribution in [2.75, 3.05) is 0 Å². The lowest BCUT2D eigenvalue weighted by Crippen LogP contribution is -2.67. The SMILES string of the molecule is C[C@@H]1[C@@H](C)CC[C@]2(C(=O)O)CC[C@]3(C(=O)O)C(=CC[C@@H]4[C@@]5(C)CC[C@H](O)C(C)(C)[C@@H]5CC[C@]43C)[C@@H]12. The normalized spacial score (nSPS) is 52.7. The molecular weight excluding hydrogens is 440 g/mol. The van der Waals surface area contributed by atoms with Gasteiger partial charge in [-0.1, -0.05) is 53.2 Å².